The summed E-state index contributed by atoms with van der Waals surface area (Å²) in [7, 11) is 1.65. The van der Waals surface area contributed by atoms with E-state index in [-0.39, 0.29) is 11.6 Å². The summed E-state index contributed by atoms with van der Waals surface area (Å²) in [5.74, 6) is -0.990. The third-order valence-electron chi connectivity index (χ3n) is 2.62. The van der Waals surface area contributed by atoms with Crippen LogP contribution in [0.5, 0.6) is 0 Å². The number of nitrogens with two attached hydrogens (primary N) is 1. The largest absolute Gasteiger partial charge is 0.364 e. The summed E-state index contributed by atoms with van der Waals surface area (Å²) in [6, 6.07) is 7.11. The lowest BCUT2D eigenvalue weighted by molar-refractivity contribution is 0.0995. The second-order valence-electron chi connectivity index (χ2n) is 4.25. The van der Waals surface area contributed by atoms with Gasteiger partial charge in [-0.1, -0.05) is 17.7 Å². The molecule has 0 bridgehead atoms. The molecule has 1 heterocycles. The van der Waals surface area contributed by atoms with Crippen molar-refractivity contribution in [1.82, 2.24) is 9.78 Å². The Morgan fingerprint density at radius 2 is 1.89 bits per heavy atom. The molecular weight excluding hydrogens is 244 g/mol. The normalized spacial score (nSPS) is 10.2. The molecule has 1 aromatic heterocycles. The first-order valence-corrected chi connectivity index (χ1v) is 5.69. The Labute approximate surface area is 110 Å². The molecule has 0 spiro atoms. The lowest BCUT2D eigenvalue weighted by Gasteiger charge is -2.04. The summed E-state index contributed by atoms with van der Waals surface area (Å²) < 4.78 is 1.42. The summed E-state index contributed by atoms with van der Waals surface area (Å²) in [5, 5.41) is 6.52. The van der Waals surface area contributed by atoms with Gasteiger partial charge in [0.25, 0.3) is 11.8 Å². The highest BCUT2D eigenvalue weighted by Gasteiger charge is 2.16. The average molecular weight is 258 g/mol. The van der Waals surface area contributed by atoms with Crippen molar-refractivity contribution in [1.29, 1.82) is 0 Å². The predicted molar refractivity (Wildman–Crippen MR) is 70.9 cm³/mol. The highest BCUT2D eigenvalue weighted by atomic mass is 16.2. The summed E-state index contributed by atoms with van der Waals surface area (Å²) in [6.07, 6.45) is 1.53. The number of amides is 2. The van der Waals surface area contributed by atoms with Crippen LogP contribution >= 0.6 is 0 Å². The number of hydrogen-bond donors (Lipinski definition) is 2. The third kappa shape index (κ3) is 2.79. The molecule has 0 aliphatic carbocycles. The van der Waals surface area contributed by atoms with Gasteiger partial charge < -0.3 is 11.1 Å². The van der Waals surface area contributed by atoms with Crippen molar-refractivity contribution in [3.8, 4) is 0 Å². The van der Waals surface area contributed by atoms with Crippen molar-refractivity contribution in [2.24, 2.45) is 12.8 Å². The fraction of sp³-hybridized carbons (Fsp3) is 0.154. The van der Waals surface area contributed by atoms with Gasteiger partial charge in [-0.3, -0.25) is 14.3 Å². The molecule has 0 saturated heterocycles. The number of nitrogens with one attached hydrogen (secondary N) is 1. The number of primary amides is 1. The number of nitrogens with zero attached hydrogens (tertiary/aromatic N) is 2. The van der Waals surface area contributed by atoms with E-state index in [1.807, 2.05) is 19.1 Å². The molecule has 0 aliphatic rings. The van der Waals surface area contributed by atoms with Crippen molar-refractivity contribution < 1.29 is 9.59 Å². The molecule has 0 unspecified atom stereocenters. The van der Waals surface area contributed by atoms with E-state index < -0.39 is 5.91 Å². The van der Waals surface area contributed by atoms with Crippen molar-refractivity contribution >= 4 is 17.5 Å². The lowest BCUT2D eigenvalue weighted by Crippen LogP contribution is -2.17. The van der Waals surface area contributed by atoms with E-state index >= 15 is 0 Å². The molecule has 6 nitrogen and oxygen atoms in total. The van der Waals surface area contributed by atoms with Crippen LogP contribution in [-0.4, -0.2) is 21.6 Å². The molecule has 98 valence electrons. The summed E-state index contributed by atoms with van der Waals surface area (Å²) in [4.78, 5) is 23.2. The molecule has 2 amide bonds. The second-order valence-corrected chi connectivity index (χ2v) is 4.25. The first-order valence-electron chi connectivity index (χ1n) is 5.69. The van der Waals surface area contributed by atoms with E-state index in [4.69, 9.17) is 5.73 Å². The molecule has 0 atom stereocenters. The fourth-order valence-electron chi connectivity index (χ4n) is 1.66. The van der Waals surface area contributed by atoms with Gasteiger partial charge in [-0.05, 0) is 19.1 Å². The minimum atomic E-state index is -0.681. The van der Waals surface area contributed by atoms with Crippen LogP contribution in [0.15, 0.2) is 30.5 Å². The number of benzene rings is 1. The van der Waals surface area contributed by atoms with Crippen molar-refractivity contribution in [2.75, 3.05) is 5.32 Å². The molecule has 1 aromatic carbocycles. The van der Waals surface area contributed by atoms with Crippen LogP contribution in [0.2, 0.25) is 0 Å². The molecule has 2 rings (SSSR count). The van der Waals surface area contributed by atoms with Gasteiger partial charge in [0.1, 0.15) is 0 Å². The van der Waals surface area contributed by atoms with Crippen molar-refractivity contribution in [3.05, 3.63) is 47.3 Å². The zero-order valence-electron chi connectivity index (χ0n) is 10.7. The molecule has 0 radical (unpaired) electrons. The molecule has 2 aromatic rings. The van der Waals surface area contributed by atoms with Crippen molar-refractivity contribution in [3.63, 3.8) is 0 Å². The molecule has 19 heavy (non-hydrogen) atoms. The second kappa shape index (κ2) is 4.93. The Morgan fingerprint density at radius 3 is 2.47 bits per heavy atom. The van der Waals surface area contributed by atoms with Crippen LogP contribution < -0.4 is 11.1 Å². The van der Waals surface area contributed by atoms with Gasteiger partial charge in [0.15, 0.2) is 5.69 Å². The van der Waals surface area contributed by atoms with Gasteiger partial charge in [0.2, 0.25) is 0 Å². The monoisotopic (exact) mass is 258 g/mol. The third-order valence-corrected chi connectivity index (χ3v) is 2.62. The number of hydrogen-bond acceptors (Lipinski definition) is 3. The van der Waals surface area contributed by atoms with Gasteiger partial charge >= 0.3 is 0 Å². The molecule has 6 heteroatoms. The maximum atomic E-state index is 12.0. The Balaban J connectivity index is 2.24. The standard InChI is InChI=1S/C13H14N4O2/c1-8-3-5-9(6-4-8)13(19)15-10-7-17(2)16-11(10)12(14)18/h3-7H,1-2H3,(H2,14,18)(H,15,19). The van der Waals surface area contributed by atoms with E-state index in [9.17, 15) is 9.59 Å². The summed E-state index contributed by atoms with van der Waals surface area (Å²) in [6.45, 7) is 1.94. The van der Waals surface area contributed by atoms with Gasteiger partial charge in [0, 0.05) is 18.8 Å². The number of rotatable bonds is 3. The Kier molecular flexibility index (Phi) is 3.33. The van der Waals surface area contributed by atoms with Crippen LogP contribution in [0.1, 0.15) is 26.4 Å². The summed E-state index contributed by atoms with van der Waals surface area (Å²) in [5.41, 5.74) is 7.12. The number of aryl methyl sites for hydroxylation is 2. The Morgan fingerprint density at radius 1 is 1.26 bits per heavy atom. The number of carbonyl (C=O) groups is 2. The van der Waals surface area contributed by atoms with Crippen LogP contribution in [0.25, 0.3) is 0 Å². The van der Waals surface area contributed by atoms with Gasteiger partial charge in [-0.2, -0.15) is 5.10 Å². The maximum absolute atomic E-state index is 12.0. The first kappa shape index (κ1) is 12.8. The number of aromatic nitrogens is 2. The molecular formula is C13H14N4O2. The molecule has 0 saturated carbocycles. The molecule has 3 N–H and O–H groups in total. The van der Waals surface area contributed by atoms with Crippen LogP contribution in [0.3, 0.4) is 0 Å². The SMILES string of the molecule is Cc1ccc(C(=O)Nc2cn(C)nc2C(N)=O)cc1. The predicted octanol–water partition coefficient (Wildman–Crippen LogP) is 1.08. The summed E-state index contributed by atoms with van der Waals surface area (Å²) >= 11 is 0. The van der Waals surface area contributed by atoms with E-state index in [1.165, 1.54) is 10.9 Å². The minimum Gasteiger partial charge on any atom is -0.364 e. The Bertz CT molecular complexity index is 629. The van der Waals surface area contributed by atoms with E-state index in [1.54, 1.807) is 19.2 Å². The van der Waals surface area contributed by atoms with Crippen LogP contribution in [0, 0.1) is 6.92 Å². The van der Waals surface area contributed by atoms with Gasteiger partial charge in [-0.15, -0.1) is 0 Å². The average Bonchev–Trinajstić information content (AvgIpc) is 2.71. The van der Waals surface area contributed by atoms with Crippen LogP contribution in [-0.2, 0) is 7.05 Å². The smallest absolute Gasteiger partial charge is 0.271 e. The zero-order valence-corrected chi connectivity index (χ0v) is 10.7. The lowest BCUT2D eigenvalue weighted by atomic mass is 10.1. The fourth-order valence-corrected chi connectivity index (χ4v) is 1.66. The van der Waals surface area contributed by atoms with E-state index in [2.05, 4.69) is 10.4 Å². The number of anilines is 1. The highest BCUT2D eigenvalue weighted by molar-refractivity contribution is 6.07. The topological polar surface area (TPSA) is 90.0 Å². The number of carbonyl (C=O) groups excluding carboxylic acids is 2. The molecule has 0 aliphatic heterocycles. The van der Waals surface area contributed by atoms with E-state index in [0.29, 0.717) is 11.3 Å². The van der Waals surface area contributed by atoms with Crippen LogP contribution in [0.4, 0.5) is 5.69 Å². The Hall–Kier alpha value is -2.63. The minimum absolute atomic E-state index is 0.0444. The van der Waals surface area contributed by atoms with E-state index in [0.717, 1.165) is 5.56 Å². The first-order chi connectivity index (χ1) is 8.97. The maximum Gasteiger partial charge on any atom is 0.271 e. The zero-order chi connectivity index (χ0) is 14.0. The van der Waals surface area contributed by atoms with Gasteiger partial charge in [-0.25, -0.2) is 0 Å². The highest BCUT2D eigenvalue weighted by Crippen LogP contribution is 2.14. The van der Waals surface area contributed by atoms with Crippen molar-refractivity contribution in [2.45, 2.75) is 6.92 Å². The van der Waals surface area contributed by atoms with Gasteiger partial charge in [0.05, 0.1) is 5.69 Å². The quantitative estimate of drug-likeness (QED) is 0.863. The molecule has 0 fully saturated rings.